The van der Waals surface area contributed by atoms with Crippen LogP contribution in [0.15, 0.2) is 60.7 Å². The molecule has 2 fully saturated rings. The average Bonchev–Trinajstić information content (AvgIpc) is 3.03. The van der Waals surface area contributed by atoms with E-state index in [1.165, 1.54) is 13.8 Å². The van der Waals surface area contributed by atoms with Crippen LogP contribution in [0.1, 0.15) is 25.0 Å². The van der Waals surface area contributed by atoms with Gasteiger partial charge in [-0.2, -0.15) is 0 Å². The van der Waals surface area contributed by atoms with Gasteiger partial charge in [0.05, 0.1) is 13.2 Å². The molecule has 2 aliphatic heterocycles. The van der Waals surface area contributed by atoms with E-state index in [9.17, 15) is 40.9 Å². The van der Waals surface area contributed by atoms with Crippen molar-refractivity contribution in [1.82, 2.24) is 0 Å². The van der Waals surface area contributed by atoms with Gasteiger partial charge >= 0.3 is 0 Å². The summed E-state index contributed by atoms with van der Waals surface area (Å²) in [6, 6.07) is 18.8. The maximum Gasteiger partial charge on any atom is 0.231 e. The summed E-state index contributed by atoms with van der Waals surface area (Å²) in [5, 5.41) is 81.5. The van der Waals surface area contributed by atoms with Gasteiger partial charge in [0.15, 0.2) is 11.2 Å². The van der Waals surface area contributed by atoms with Crippen LogP contribution in [0.3, 0.4) is 0 Å². The summed E-state index contributed by atoms with van der Waals surface area (Å²) in [5.74, 6) is 0.808. The number of aliphatic hydroxyl groups is 8. The molecular weight excluding hydrogens is 600 g/mol. The molecule has 0 amide bonds. The molecule has 3 aromatic carbocycles. The van der Waals surface area contributed by atoms with Crippen molar-refractivity contribution in [3.63, 3.8) is 0 Å². The first kappa shape index (κ1) is 34.2. The van der Waals surface area contributed by atoms with Crippen LogP contribution in [0, 0.1) is 13.8 Å². The first-order valence-electron chi connectivity index (χ1n) is 15.0. The first-order valence-corrected chi connectivity index (χ1v) is 15.0. The molecule has 0 aromatic heterocycles. The van der Waals surface area contributed by atoms with Crippen LogP contribution in [0.2, 0.25) is 0 Å². The zero-order chi connectivity index (χ0) is 33.6. The fourth-order valence-electron chi connectivity index (χ4n) is 5.74. The largest absolute Gasteiger partial charge is 0.461 e. The second kappa shape index (κ2) is 13.2. The highest BCUT2D eigenvalue weighted by atomic mass is 16.7. The van der Waals surface area contributed by atoms with Gasteiger partial charge in [0.2, 0.25) is 12.6 Å². The number of aryl methyl sites for hydroxylation is 2. The predicted octanol–water partition coefficient (Wildman–Crippen LogP) is 0.775. The second-order valence-electron chi connectivity index (χ2n) is 12.5. The number of benzene rings is 3. The van der Waals surface area contributed by atoms with Gasteiger partial charge in [0, 0.05) is 0 Å². The van der Waals surface area contributed by atoms with Crippen molar-refractivity contribution < 1.29 is 59.8 Å². The van der Waals surface area contributed by atoms with Crippen molar-refractivity contribution >= 4 is 0 Å². The molecule has 250 valence electrons. The standard InChI is InChI=1S/C34H42O12/c1-17-13-21(9-11-23(17)43-31-33(3,41)29(39)27(37)25(15-35)45-31)19-5-7-20(8-6-19)22-10-12-24(18(2)14-22)44-32-34(4,42)30(40)28(38)26(16-36)46-32/h5-14,25-32,35-42H,15-16H2,1-4H3/t25-,26-,27-,28-,29+,30+,31+,32+,33-,34+/m1/s1. The summed E-state index contributed by atoms with van der Waals surface area (Å²) in [7, 11) is 0. The molecule has 12 nitrogen and oxygen atoms in total. The SMILES string of the molecule is Cc1cc(-c2ccc(-c3ccc(O[C@H]4O[C@H](CO)[C@@H](O)[C@H](O)[C@]4(C)O)c(C)c3)cc2)ccc1O[C@H]1O[C@H](CO)[C@@H](O)[C@H](O)[C@@]1(C)O. The monoisotopic (exact) mass is 642 g/mol. The lowest BCUT2D eigenvalue weighted by Crippen LogP contribution is -2.66. The molecular formula is C34H42O12. The van der Waals surface area contributed by atoms with E-state index in [1.54, 1.807) is 12.1 Å². The number of aliphatic hydroxyl groups excluding tert-OH is 6. The molecule has 0 radical (unpaired) electrons. The van der Waals surface area contributed by atoms with E-state index in [4.69, 9.17) is 18.9 Å². The van der Waals surface area contributed by atoms with Crippen LogP contribution in [-0.4, -0.2) is 114 Å². The smallest absolute Gasteiger partial charge is 0.231 e. The third-order valence-corrected chi connectivity index (χ3v) is 8.89. The molecule has 2 saturated heterocycles. The predicted molar refractivity (Wildman–Crippen MR) is 165 cm³/mol. The Bertz CT molecular complexity index is 1390. The Morgan fingerprint density at radius 2 is 0.913 bits per heavy atom. The number of hydrogen-bond donors (Lipinski definition) is 8. The minimum absolute atomic E-state index is 0.404. The Balaban J connectivity index is 1.28. The zero-order valence-electron chi connectivity index (χ0n) is 26.0. The summed E-state index contributed by atoms with van der Waals surface area (Å²) in [4.78, 5) is 0. The highest BCUT2D eigenvalue weighted by Crippen LogP contribution is 2.36. The van der Waals surface area contributed by atoms with E-state index < -0.39 is 73.6 Å². The average molecular weight is 643 g/mol. The minimum atomic E-state index is -1.92. The first-order chi connectivity index (χ1) is 21.7. The fourth-order valence-corrected chi connectivity index (χ4v) is 5.74. The van der Waals surface area contributed by atoms with E-state index >= 15 is 0 Å². The van der Waals surface area contributed by atoms with Gasteiger partial charge in [0.1, 0.15) is 48.1 Å². The van der Waals surface area contributed by atoms with Crippen molar-refractivity contribution in [3.8, 4) is 33.8 Å². The molecule has 2 aliphatic rings. The van der Waals surface area contributed by atoms with E-state index in [0.29, 0.717) is 11.5 Å². The quantitative estimate of drug-likeness (QED) is 0.172. The lowest BCUT2D eigenvalue weighted by molar-refractivity contribution is -0.314. The molecule has 0 unspecified atom stereocenters. The van der Waals surface area contributed by atoms with Gasteiger partial charge in [-0.05, 0) is 85.3 Å². The number of hydrogen-bond acceptors (Lipinski definition) is 12. The minimum Gasteiger partial charge on any atom is -0.461 e. The topological polar surface area (TPSA) is 199 Å². The molecule has 3 aromatic rings. The molecule has 0 aliphatic carbocycles. The fraction of sp³-hybridized carbons (Fsp3) is 0.471. The number of rotatable bonds is 8. The Labute approximate surface area is 266 Å². The van der Waals surface area contributed by atoms with E-state index in [0.717, 1.165) is 33.4 Å². The summed E-state index contributed by atoms with van der Waals surface area (Å²) < 4.78 is 22.9. The van der Waals surface area contributed by atoms with E-state index in [1.807, 2.05) is 62.4 Å². The van der Waals surface area contributed by atoms with Gasteiger partial charge in [-0.15, -0.1) is 0 Å². The third kappa shape index (κ3) is 6.38. The van der Waals surface area contributed by atoms with E-state index in [-0.39, 0.29) is 0 Å². The van der Waals surface area contributed by atoms with Gasteiger partial charge in [-0.3, -0.25) is 0 Å². The molecule has 10 atom stereocenters. The molecule has 5 rings (SSSR count). The summed E-state index contributed by atoms with van der Waals surface area (Å²) in [6.45, 7) is 5.15. The summed E-state index contributed by atoms with van der Waals surface area (Å²) in [5.41, 5.74) is 1.31. The molecule has 12 heteroatoms. The lowest BCUT2D eigenvalue weighted by Gasteiger charge is -2.45. The van der Waals surface area contributed by atoms with Crippen LogP contribution in [0.5, 0.6) is 11.5 Å². The maximum atomic E-state index is 10.8. The van der Waals surface area contributed by atoms with E-state index in [2.05, 4.69) is 0 Å². The normalized spacial score (nSPS) is 34.7. The summed E-state index contributed by atoms with van der Waals surface area (Å²) >= 11 is 0. The second-order valence-corrected chi connectivity index (χ2v) is 12.5. The Hall–Kier alpha value is -3.14. The Morgan fingerprint density at radius 3 is 1.22 bits per heavy atom. The van der Waals surface area contributed by atoms with Crippen LogP contribution in [-0.2, 0) is 9.47 Å². The van der Waals surface area contributed by atoms with Crippen LogP contribution >= 0.6 is 0 Å². The van der Waals surface area contributed by atoms with Crippen molar-refractivity contribution in [2.75, 3.05) is 13.2 Å². The van der Waals surface area contributed by atoms with Crippen LogP contribution in [0.25, 0.3) is 22.3 Å². The van der Waals surface area contributed by atoms with Crippen LogP contribution in [0.4, 0.5) is 0 Å². The highest BCUT2D eigenvalue weighted by molar-refractivity contribution is 5.72. The highest BCUT2D eigenvalue weighted by Gasteiger charge is 2.54. The molecule has 0 spiro atoms. The van der Waals surface area contributed by atoms with Gasteiger partial charge in [-0.1, -0.05) is 36.4 Å². The van der Waals surface area contributed by atoms with Gasteiger partial charge in [0.25, 0.3) is 0 Å². The van der Waals surface area contributed by atoms with Crippen molar-refractivity contribution in [1.29, 1.82) is 0 Å². The van der Waals surface area contributed by atoms with Crippen molar-refractivity contribution in [3.05, 3.63) is 71.8 Å². The molecule has 8 N–H and O–H groups in total. The third-order valence-electron chi connectivity index (χ3n) is 8.89. The molecule has 0 bridgehead atoms. The van der Waals surface area contributed by atoms with Gasteiger partial charge < -0.3 is 59.8 Å². The molecule has 0 saturated carbocycles. The Kier molecular flexibility index (Phi) is 9.79. The van der Waals surface area contributed by atoms with Crippen molar-refractivity contribution in [2.24, 2.45) is 0 Å². The molecule has 2 heterocycles. The van der Waals surface area contributed by atoms with Crippen molar-refractivity contribution in [2.45, 2.75) is 88.1 Å². The van der Waals surface area contributed by atoms with Gasteiger partial charge in [-0.25, -0.2) is 0 Å². The zero-order valence-corrected chi connectivity index (χ0v) is 26.0. The summed E-state index contributed by atoms with van der Waals surface area (Å²) in [6.07, 6.45) is -11.0. The molecule has 46 heavy (non-hydrogen) atoms. The maximum absolute atomic E-state index is 10.8. The van der Waals surface area contributed by atoms with Crippen LogP contribution < -0.4 is 9.47 Å². The Morgan fingerprint density at radius 1 is 0.587 bits per heavy atom. The lowest BCUT2D eigenvalue weighted by atomic mass is 9.88. The number of ether oxygens (including phenoxy) is 4.